The lowest BCUT2D eigenvalue weighted by molar-refractivity contribution is 0.180. The topological polar surface area (TPSA) is 67.1 Å². The molecule has 20 heavy (non-hydrogen) atoms. The molecule has 0 amide bonds. The van der Waals surface area contributed by atoms with Crippen LogP contribution in [0.4, 0.5) is 11.8 Å². The average molecular weight is 291 g/mol. The lowest BCUT2D eigenvalue weighted by atomic mass is 10.1. The molecule has 0 spiro atoms. The number of hydrogen-bond donors (Lipinski definition) is 2. The highest BCUT2D eigenvalue weighted by atomic mass is 32.1. The van der Waals surface area contributed by atoms with Gasteiger partial charge in [-0.05, 0) is 44.3 Å². The van der Waals surface area contributed by atoms with Gasteiger partial charge in [-0.2, -0.15) is 4.98 Å². The summed E-state index contributed by atoms with van der Waals surface area (Å²) in [6.07, 6.45) is 4.01. The van der Waals surface area contributed by atoms with Crippen LogP contribution < -0.4 is 11.1 Å². The Morgan fingerprint density at radius 2 is 2.15 bits per heavy atom. The number of nitrogens with zero attached hydrogens (tertiary/aromatic N) is 3. The molecule has 1 atom stereocenters. The van der Waals surface area contributed by atoms with Crippen LogP contribution >= 0.6 is 11.3 Å². The maximum absolute atomic E-state index is 5.77. The molecule has 0 aliphatic carbocycles. The Morgan fingerprint density at radius 1 is 1.35 bits per heavy atom. The molecule has 108 valence electrons. The van der Waals surface area contributed by atoms with E-state index in [4.69, 9.17) is 5.73 Å². The summed E-state index contributed by atoms with van der Waals surface area (Å²) < 4.78 is 0. The van der Waals surface area contributed by atoms with Crippen LogP contribution in [0.25, 0.3) is 10.2 Å². The van der Waals surface area contributed by atoms with E-state index in [0.29, 0.717) is 12.0 Å². The summed E-state index contributed by atoms with van der Waals surface area (Å²) in [4.78, 5) is 12.1. The lowest BCUT2D eigenvalue weighted by Gasteiger charge is -2.32. The number of nitrogen functional groups attached to an aromatic ring is 1. The molecule has 0 radical (unpaired) electrons. The van der Waals surface area contributed by atoms with Crippen LogP contribution in [0.3, 0.4) is 0 Å². The van der Waals surface area contributed by atoms with Gasteiger partial charge in [0.15, 0.2) is 0 Å². The molecular weight excluding hydrogens is 270 g/mol. The van der Waals surface area contributed by atoms with Crippen molar-refractivity contribution in [3.8, 4) is 0 Å². The van der Waals surface area contributed by atoms with E-state index < -0.39 is 0 Å². The molecule has 2 aromatic rings. The Hall–Kier alpha value is -1.40. The van der Waals surface area contributed by atoms with E-state index in [9.17, 15) is 0 Å². The number of aromatic nitrogens is 2. The van der Waals surface area contributed by atoms with E-state index in [1.807, 2.05) is 11.4 Å². The average Bonchev–Trinajstić information content (AvgIpc) is 2.93. The van der Waals surface area contributed by atoms with Crippen molar-refractivity contribution < 1.29 is 0 Å². The minimum absolute atomic E-state index is 0.341. The SMILES string of the molecule is CC(CNc1nc(N)nc2sccc12)N1CCCCC1. The van der Waals surface area contributed by atoms with Gasteiger partial charge in [-0.3, -0.25) is 4.90 Å². The molecule has 0 bridgehead atoms. The first kappa shape index (κ1) is 13.6. The molecule has 1 unspecified atom stereocenters. The maximum Gasteiger partial charge on any atom is 0.223 e. The number of nitrogens with two attached hydrogens (primary N) is 1. The fraction of sp³-hybridized carbons (Fsp3) is 0.571. The molecule has 2 aromatic heterocycles. The van der Waals surface area contributed by atoms with Gasteiger partial charge in [0, 0.05) is 12.6 Å². The van der Waals surface area contributed by atoms with Gasteiger partial charge in [-0.1, -0.05) is 6.42 Å². The normalized spacial score (nSPS) is 18.2. The van der Waals surface area contributed by atoms with Crippen molar-refractivity contribution in [3.63, 3.8) is 0 Å². The van der Waals surface area contributed by atoms with Crippen LogP contribution in [0, 0.1) is 0 Å². The molecule has 0 saturated carbocycles. The molecule has 1 aliphatic heterocycles. The third-order valence-electron chi connectivity index (χ3n) is 3.92. The number of likely N-dealkylation sites (tertiary alicyclic amines) is 1. The number of nitrogens with one attached hydrogen (secondary N) is 1. The van der Waals surface area contributed by atoms with Gasteiger partial charge in [0.1, 0.15) is 10.6 Å². The third kappa shape index (κ3) is 2.86. The van der Waals surface area contributed by atoms with Crippen LogP contribution in [0.2, 0.25) is 0 Å². The quantitative estimate of drug-likeness (QED) is 0.906. The second-order valence-electron chi connectivity index (χ2n) is 5.40. The van der Waals surface area contributed by atoms with Gasteiger partial charge < -0.3 is 11.1 Å². The Bertz CT molecular complexity index is 576. The van der Waals surface area contributed by atoms with Crippen molar-refractivity contribution in [1.29, 1.82) is 0 Å². The highest BCUT2D eigenvalue weighted by Gasteiger charge is 2.17. The van der Waals surface area contributed by atoms with Crippen LogP contribution in [-0.2, 0) is 0 Å². The smallest absolute Gasteiger partial charge is 0.223 e. The zero-order valence-corrected chi connectivity index (χ0v) is 12.6. The number of fused-ring (bicyclic) bond motifs is 1. The Balaban J connectivity index is 1.68. The van der Waals surface area contributed by atoms with Gasteiger partial charge in [0.2, 0.25) is 5.95 Å². The fourth-order valence-electron chi connectivity index (χ4n) is 2.74. The van der Waals surface area contributed by atoms with E-state index in [0.717, 1.165) is 22.6 Å². The van der Waals surface area contributed by atoms with Gasteiger partial charge >= 0.3 is 0 Å². The Kier molecular flexibility index (Phi) is 4.03. The summed E-state index contributed by atoms with van der Waals surface area (Å²) in [7, 11) is 0. The van der Waals surface area contributed by atoms with Crippen LogP contribution in [0.5, 0.6) is 0 Å². The van der Waals surface area contributed by atoms with Gasteiger partial charge in [-0.15, -0.1) is 11.3 Å². The first-order valence-corrected chi connectivity index (χ1v) is 8.10. The predicted octanol–water partition coefficient (Wildman–Crippen LogP) is 2.56. The molecule has 5 nitrogen and oxygen atoms in total. The largest absolute Gasteiger partial charge is 0.368 e. The van der Waals surface area contributed by atoms with Crippen LogP contribution in [0.15, 0.2) is 11.4 Å². The second kappa shape index (κ2) is 5.93. The predicted molar refractivity (Wildman–Crippen MR) is 85.2 cm³/mol. The Labute approximate surface area is 123 Å². The minimum atomic E-state index is 0.341. The first-order valence-electron chi connectivity index (χ1n) is 7.22. The van der Waals surface area contributed by atoms with Crippen LogP contribution in [0.1, 0.15) is 26.2 Å². The molecule has 6 heteroatoms. The van der Waals surface area contributed by atoms with Crippen molar-refractivity contribution in [2.45, 2.75) is 32.2 Å². The standard InChI is InChI=1S/C14H21N5S/c1-10(19-6-3-2-4-7-19)9-16-12-11-5-8-20-13(11)18-14(15)17-12/h5,8,10H,2-4,6-7,9H2,1H3,(H3,15,16,17,18). The number of rotatable bonds is 4. The van der Waals surface area contributed by atoms with Gasteiger partial charge in [0.25, 0.3) is 0 Å². The number of thiophene rings is 1. The molecule has 1 aliphatic rings. The van der Waals surface area contributed by atoms with Crippen LogP contribution in [-0.4, -0.2) is 40.5 Å². The van der Waals surface area contributed by atoms with E-state index in [-0.39, 0.29) is 0 Å². The summed E-state index contributed by atoms with van der Waals surface area (Å²) in [5, 5.41) is 6.54. The summed E-state index contributed by atoms with van der Waals surface area (Å²) in [5.74, 6) is 1.20. The molecular formula is C14H21N5S. The first-order chi connectivity index (χ1) is 9.74. The third-order valence-corrected chi connectivity index (χ3v) is 4.73. The highest BCUT2D eigenvalue weighted by molar-refractivity contribution is 7.16. The molecule has 3 N–H and O–H groups in total. The molecule has 0 aromatic carbocycles. The minimum Gasteiger partial charge on any atom is -0.368 e. The van der Waals surface area contributed by atoms with Crippen molar-refractivity contribution in [2.24, 2.45) is 0 Å². The second-order valence-corrected chi connectivity index (χ2v) is 6.29. The summed E-state index contributed by atoms with van der Waals surface area (Å²) in [6.45, 7) is 5.58. The molecule has 1 fully saturated rings. The molecule has 3 rings (SSSR count). The number of piperidine rings is 1. The number of hydrogen-bond acceptors (Lipinski definition) is 6. The zero-order valence-electron chi connectivity index (χ0n) is 11.8. The molecule has 3 heterocycles. The highest BCUT2D eigenvalue weighted by Crippen LogP contribution is 2.25. The summed E-state index contributed by atoms with van der Waals surface area (Å²) >= 11 is 1.60. The molecule has 1 saturated heterocycles. The maximum atomic E-state index is 5.77. The van der Waals surface area contributed by atoms with Crippen molar-refractivity contribution in [1.82, 2.24) is 14.9 Å². The summed E-state index contributed by atoms with van der Waals surface area (Å²) in [5.41, 5.74) is 5.77. The van der Waals surface area contributed by atoms with E-state index >= 15 is 0 Å². The van der Waals surface area contributed by atoms with E-state index in [1.54, 1.807) is 11.3 Å². The van der Waals surface area contributed by atoms with E-state index in [1.165, 1.54) is 32.4 Å². The van der Waals surface area contributed by atoms with Crippen molar-refractivity contribution in [2.75, 3.05) is 30.7 Å². The lowest BCUT2D eigenvalue weighted by Crippen LogP contribution is -2.41. The van der Waals surface area contributed by atoms with Gasteiger partial charge in [-0.25, -0.2) is 4.98 Å². The van der Waals surface area contributed by atoms with E-state index in [2.05, 4.69) is 27.1 Å². The fourth-order valence-corrected chi connectivity index (χ4v) is 3.51. The zero-order chi connectivity index (χ0) is 13.9. The summed E-state index contributed by atoms with van der Waals surface area (Å²) in [6, 6.07) is 2.56. The van der Waals surface area contributed by atoms with Gasteiger partial charge in [0.05, 0.1) is 5.39 Å². The Morgan fingerprint density at radius 3 is 2.95 bits per heavy atom. The van der Waals surface area contributed by atoms with Crippen molar-refractivity contribution in [3.05, 3.63) is 11.4 Å². The monoisotopic (exact) mass is 291 g/mol. The van der Waals surface area contributed by atoms with Crippen molar-refractivity contribution >= 4 is 33.3 Å². The number of anilines is 2.